The van der Waals surface area contributed by atoms with E-state index in [1.54, 1.807) is 0 Å². The molecular formula is C27H33N5O2. The molecule has 4 rings (SSSR count). The van der Waals surface area contributed by atoms with Crippen LogP contribution in [0.15, 0.2) is 54.6 Å². The molecule has 0 aliphatic carbocycles. The summed E-state index contributed by atoms with van der Waals surface area (Å²) in [4.78, 5) is 29.5. The van der Waals surface area contributed by atoms with Gasteiger partial charge in [-0.05, 0) is 44.9 Å². The fraction of sp³-hybridized carbons (Fsp3) is 0.370. The molecular weight excluding hydrogens is 426 g/mol. The fourth-order valence-electron chi connectivity index (χ4n) is 4.46. The molecule has 1 fully saturated rings. The number of nitrogens with one attached hydrogen (secondary N) is 1. The number of carbonyl (C=O) groups excluding carboxylic acids is 2. The summed E-state index contributed by atoms with van der Waals surface area (Å²) >= 11 is 0. The van der Waals surface area contributed by atoms with Crippen molar-refractivity contribution in [3.63, 3.8) is 0 Å². The summed E-state index contributed by atoms with van der Waals surface area (Å²) in [6.45, 7) is 9.51. The molecule has 0 saturated carbocycles. The lowest BCUT2D eigenvalue weighted by molar-refractivity contribution is 0.0762. The first-order valence-corrected chi connectivity index (χ1v) is 11.9. The number of aryl methyl sites for hydroxylation is 2. The van der Waals surface area contributed by atoms with Gasteiger partial charge in [-0.1, -0.05) is 48.0 Å². The molecule has 1 saturated heterocycles. The number of amides is 3. The van der Waals surface area contributed by atoms with Crippen LogP contribution in [0.1, 0.15) is 44.9 Å². The predicted octanol–water partition coefficient (Wildman–Crippen LogP) is 3.91. The predicted molar refractivity (Wildman–Crippen MR) is 133 cm³/mol. The average molecular weight is 460 g/mol. The average Bonchev–Trinajstić information content (AvgIpc) is 3.00. The maximum Gasteiger partial charge on any atom is 0.317 e. The van der Waals surface area contributed by atoms with E-state index >= 15 is 0 Å². The molecule has 0 radical (unpaired) electrons. The third kappa shape index (κ3) is 5.47. The van der Waals surface area contributed by atoms with Gasteiger partial charge in [0.25, 0.3) is 5.91 Å². The minimum Gasteiger partial charge on any atom is -0.337 e. The second kappa shape index (κ2) is 10.5. The van der Waals surface area contributed by atoms with Crippen LogP contribution in [0.25, 0.3) is 0 Å². The van der Waals surface area contributed by atoms with Crippen LogP contribution in [0.3, 0.4) is 0 Å². The first-order valence-electron chi connectivity index (χ1n) is 11.9. The zero-order valence-electron chi connectivity index (χ0n) is 20.3. The number of nitrogens with zero attached hydrogens (tertiary/aromatic N) is 4. The van der Waals surface area contributed by atoms with Crippen LogP contribution < -0.4 is 5.32 Å². The second-order valence-corrected chi connectivity index (χ2v) is 8.95. The third-order valence-electron chi connectivity index (χ3n) is 6.46. The van der Waals surface area contributed by atoms with Crippen LogP contribution in [0, 0.1) is 20.8 Å². The van der Waals surface area contributed by atoms with E-state index in [-0.39, 0.29) is 11.9 Å². The first-order chi connectivity index (χ1) is 16.4. The molecule has 0 atom stereocenters. The van der Waals surface area contributed by atoms with Crippen molar-refractivity contribution in [2.24, 2.45) is 0 Å². The number of carbonyl (C=O) groups is 2. The van der Waals surface area contributed by atoms with E-state index in [0.29, 0.717) is 44.8 Å². The van der Waals surface area contributed by atoms with Crippen LogP contribution in [0.2, 0.25) is 0 Å². The highest BCUT2D eigenvalue weighted by atomic mass is 16.2. The summed E-state index contributed by atoms with van der Waals surface area (Å²) in [5.41, 5.74) is 6.01. The van der Waals surface area contributed by atoms with Gasteiger partial charge in [0.2, 0.25) is 0 Å². The summed E-state index contributed by atoms with van der Waals surface area (Å²) in [5.74, 6) is 0.0306. The van der Waals surface area contributed by atoms with E-state index in [9.17, 15) is 9.59 Å². The van der Waals surface area contributed by atoms with Crippen molar-refractivity contribution < 1.29 is 9.59 Å². The number of rotatable bonds is 5. The Balaban J connectivity index is 1.33. The topological polar surface area (TPSA) is 70.5 Å². The van der Waals surface area contributed by atoms with Gasteiger partial charge in [-0.25, -0.2) is 4.79 Å². The van der Waals surface area contributed by atoms with E-state index in [1.807, 2.05) is 77.7 Å². The highest BCUT2D eigenvalue weighted by Crippen LogP contribution is 2.16. The summed E-state index contributed by atoms with van der Waals surface area (Å²) < 4.78 is 1.99. The van der Waals surface area contributed by atoms with E-state index < -0.39 is 0 Å². The SMILES string of the molecule is Cc1cccc(C(=O)N2CCCN(C(=O)NCc3c(C)nn(Cc4ccccc4)c3C)CC2)c1. The Hall–Kier alpha value is -3.61. The summed E-state index contributed by atoms with van der Waals surface area (Å²) in [7, 11) is 0. The Morgan fingerprint density at radius 3 is 2.41 bits per heavy atom. The van der Waals surface area contributed by atoms with Crippen molar-refractivity contribution in [1.82, 2.24) is 24.9 Å². The monoisotopic (exact) mass is 459 g/mol. The summed E-state index contributed by atoms with van der Waals surface area (Å²) in [6.07, 6.45) is 0.762. The van der Waals surface area contributed by atoms with Crippen molar-refractivity contribution >= 4 is 11.9 Å². The molecule has 34 heavy (non-hydrogen) atoms. The van der Waals surface area contributed by atoms with Gasteiger partial charge in [-0.3, -0.25) is 9.48 Å². The first kappa shape index (κ1) is 23.5. The normalized spacial score (nSPS) is 14.1. The van der Waals surface area contributed by atoms with Gasteiger partial charge in [0, 0.05) is 49.5 Å². The number of aromatic nitrogens is 2. The molecule has 2 heterocycles. The van der Waals surface area contributed by atoms with Crippen LogP contribution >= 0.6 is 0 Å². The molecule has 3 amide bonds. The lowest BCUT2D eigenvalue weighted by Gasteiger charge is -2.22. The minimum atomic E-state index is -0.0977. The molecule has 1 N–H and O–H groups in total. The van der Waals surface area contributed by atoms with E-state index in [2.05, 4.69) is 22.5 Å². The minimum absolute atomic E-state index is 0.0306. The van der Waals surface area contributed by atoms with Gasteiger partial charge >= 0.3 is 6.03 Å². The maximum absolute atomic E-state index is 12.9. The fourth-order valence-corrected chi connectivity index (χ4v) is 4.46. The molecule has 3 aromatic rings. The summed E-state index contributed by atoms with van der Waals surface area (Å²) in [5, 5.41) is 7.75. The zero-order chi connectivity index (χ0) is 24.1. The summed E-state index contributed by atoms with van der Waals surface area (Å²) in [6, 6.07) is 17.8. The van der Waals surface area contributed by atoms with Crippen LogP contribution in [-0.4, -0.2) is 57.7 Å². The number of hydrogen-bond donors (Lipinski definition) is 1. The Kier molecular flexibility index (Phi) is 7.30. The molecule has 1 aliphatic heterocycles. The highest BCUT2D eigenvalue weighted by Gasteiger charge is 2.23. The van der Waals surface area contributed by atoms with Gasteiger partial charge in [-0.2, -0.15) is 5.10 Å². The van der Waals surface area contributed by atoms with Crippen molar-refractivity contribution in [2.75, 3.05) is 26.2 Å². The Labute approximate surface area is 201 Å². The highest BCUT2D eigenvalue weighted by molar-refractivity contribution is 5.94. The van der Waals surface area contributed by atoms with Gasteiger partial charge in [-0.15, -0.1) is 0 Å². The van der Waals surface area contributed by atoms with Crippen molar-refractivity contribution in [3.8, 4) is 0 Å². The second-order valence-electron chi connectivity index (χ2n) is 8.95. The molecule has 7 heteroatoms. The molecule has 2 aromatic carbocycles. The van der Waals surface area contributed by atoms with Crippen molar-refractivity contribution in [3.05, 3.63) is 88.2 Å². The molecule has 1 aliphatic rings. The van der Waals surface area contributed by atoms with Crippen LogP contribution in [0.4, 0.5) is 4.79 Å². The van der Waals surface area contributed by atoms with Crippen molar-refractivity contribution in [1.29, 1.82) is 0 Å². The lowest BCUT2D eigenvalue weighted by Crippen LogP contribution is -2.42. The van der Waals surface area contributed by atoms with Crippen molar-refractivity contribution in [2.45, 2.75) is 40.3 Å². The standard InChI is InChI=1S/C27H33N5O2/c1-20-9-7-12-24(17-20)26(33)30-13-8-14-31(16-15-30)27(34)28-18-25-21(2)29-32(22(25)3)19-23-10-5-4-6-11-23/h4-7,9-12,17H,8,13-16,18-19H2,1-3H3,(H,28,34). The molecule has 0 bridgehead atoms. The van der Waals surface area contributed by atoms with E-state index in [0.717, 1.165) is 28.9 Å². The van der Waals surface area contributed by atoms with Gasteiger partial charge in [0.05, 0.1) is 12.2 Å². The molecule has 0 unspecified atom stereocenters. The molecule has 178 valence electrons. The van der Waals surface area contributed by atoms with Crippen LogP contribution in [0.5, 0.6) is 0 Å². The Morgan fingerprint density at radius 2 is 1.65 bits per heavy atom. The molecule has 0 spiro atoms. The maximum atomic E-state index is 12.9. The van der Waals surface area contributed by atoms with Gasteiger partial charge in [0.1, 0.15) is 0 Å². The van der Waals surface area contributed by atoms with Crippen LogP contribution in [-0.2, 0) is 13.1 Å². The number of urea groups is 1. The third-order valence-corrected chi connectivity index (χ3v) is 6.46. The Morgan fingerprint density at radius 1 is 0.912 bits per heavy atom. The van der Waals surface area contributed by atoms with Gasteiger partial charge in [0.15, 0.2) is 0 Å². The van der Waals surface area contributed by atoms with Gasteiger partial charge < -0.3 is 15.1 Å². The quantitative estimate of drug-likeness (QED) is 0.629. The lowest BCUT2D eigenvalue weighted by atomic mass is 10.1. The van der Waals surface area contributed by atoms with E-state index in [4.69, 9.17) is 0 Å². The molecule has 1 aromatic heterocycles. The zero-order valence-corrected chi connectivity index (χ0v) is 20.3. The molecule has 7 nitrogen and oxygen atoms in total. The van der Waals surface area contributed by atoms with E-state index in [1.165, 1.54) is 5.56 Å². The smallest absolute Gasteiger partial charge is 0.317 e. The Bertz CT molecular complexity index is 1160. The number of hydrogen-bond acceptors (Lipinski definition) is 3. The number of benzene rings is 2. The largest absolute Gasteiger partial charge is 0.337 e.